The largest absolute Gasteiger partial charge is 0.382 e. The van der Waals surface area contributed by atoms with Crippen LogP contribution in [0.3, 0.4) is 0 Å². The van der Waals surface area contributed by atoms with Gasteiger partial charge in [-0.15, -0.1) is 0 Å². The first-order valence-corrected chi connectivity index (χ1v) is 11.2. The summed E-state index contributed by atoms with van der Waals surface area (Å²) in [6.07, 6.45) is 2.34. The van der Waals surface area contributed by atoms with Crippen LogP contribution < -0.4 is 11.1 Å². The van der Waals surface area contributed by atoms with E-state index in [1.54, 1.807) is 0 Å². The van der Waals surface area contributed by atoms with Gasteiger partial charge in [-0.25, -0.2) is 9.97 Å². The van der Waals surface area contributed by atoms with Crippen LogP contribution in [-0.2, 0) is 17.9 Å². The quantitative estimate of drug-likeness (QED) is 0.489. The number of anilines is 1. The van der Waals surface area contributed by atoms with Gasteiger partial charge in [-0.3, -0.25) is 0 Å². The summed E-state index contributed by atoms with van der Waals surface area (Å²) in [7, 11) is 0. The summed E-state index contributed by atoms with van der Waals surface area (Å²) in [5, 5.41) is 4.55. The summed E-state index contributed by atoms with van der Waals surface area (Å²) >= 11 is 0. The third-order valence-corrected chi connectivity index (χ3v) is 6.22. The molecule has 1 saturated heterocycles. The Morgan fingerprint density at radius 2 is 1.87 bits per heavy atom. The molecule has 0 atom stereocenters. The summed E-state index contributed by atoms with van der Waals surface area (Å²) in [6.45, 7) is 6.23. The number of fused-ring (bicyclic) bond motifs is 3. The normalized spacial score (nSPS) is 15.1. The lowest BCUT2D eigenvalue weighted by Gasteiger charge is -2.24. The highest BCUT2D eigenvalue weighted by Crippen LogP contribution is 2.33. The number of nitrogens with zero attached hydrogens (tertiary/aromatic N) is 3. The number of nitrogens with two attached hydrogens (primary N) is 1. The molecule has 2 aromatic carbocycles. The average Bonchev–Trinajstić information content (AvgIpc) is 3.17. The van der Waals surface area contributed by atoms with Gasteiger partial charge < -0.3 is 20.4 Å². The maximum atomic E-state index is 6.42. The van der Waals surface area contributed by atoms with Crippen molar-refractivity contribution in [2.75, 3.05) is 25.4 Å². The smallest absolute Gasteiger partial charge is 0.152 e. The van der Waals surface area contributed by atoms with E-state index in [4.69, 9.17) is 20.4 Å². The number of aromatic nitrogens is 3. The van der Waals surface area contributed by atoms with Crippen LogP contribution in [0.2, 0.25) is 0 Å². The van der Waals surface area contributed by atoms with E-state index in [1.807, 2.05) is 13.0 Å². The Kier molecular flexibility index (Phi) is 5.57. The topological polar surface area (TPSA) is 78.0 Å². The van der Waals surface area contributed by atoms with Crippen LogP contribution in [0, 0.1) is 5.92 Å². The molecule has 1 aliphatic rings. The molecule has 2 aromatic heterocycles. The van der Waals surface area contributed by atoms with Crippen LogP contribution in [0.25, 0.3) is 33.1 Å². The highest BCUT2D eigenvalue weighted by Gasteiger charge is 2.21. The maximum Gasteiger partial charge on any atom is 0.152 e. The van der Waals surface area contributed by atoms with E-state index >= 15 is 0 Å². The maximum absolute atomic E-state index is 6.42. The fourth-order valence-corrected chi connectivity index (χ4v) is 4.59. The van der Waals surface area contributed by atoms with Crippen molar-refractivity contribution in [2.24, 2.45) is 5.92 Å². The molecule has 4 aromatic rings. The van der Waals surface area contributed by atoms with Crippen molar-refractivity contribution in [3.63, 3.8) is 0 Å². The number of rotatable bonds is 6. The molecule has 0 spiro atoms. The van der Waals surface area contributed by atoms with E-state index in [0.717, 1.165) is 53.0 Å². The van der Waals surface area contributed by atoms with Gasteiger partial charge in [0.05, 0.1) is 11.0 Å². The highest BCUT2D eigenvalue weighted by molar-refractivity contribution is 6.07. The Hall–Kier alpha value is -2.96. The zero-order valence-electron chi connectivity index (χ0n) is 18.0. The predicted molar refractivity (Wildman–Crippen MR) is 126 cm³/mol. The van der Waals surface area contributed by atoms with E-state index < -0.39 is 0 Å². The van der Waals surface area contributed by atoms with Crippen LogP contribution in [-0.4, -0.2) is 34.2 Å². The van der Waals surface area contributed by atoms with Crippen molar-refractivity contribution in [2.45, 2.75) is 32.9 Å². The molecule has 3 heterocycles. The molecule has 6 nitrogen and oxygen atoms in total. The summed E-state index contributed by atoms with van der Waals surface area (Å²) in [5.74, 6) is 2.03. The Balaban J connectivity index is 1.67. The molecule has 31 heavy (non-hydrogen) atoms. The van der Waals surface area contributed by atoms with Crippen molar-refractivity contribution >= 4 is 27.8 Å². The number of piperidine rings is 1. The van der Waals surface area contributed by atoms with Crippen molar-refractivity contribution < 1.29 is 4.74 Å². The van der Waals surface area contributed by atoms with Crippen LogP contribution in [0.4, 0.5) is 5.82 Å². The van der Waals surface area contributed by atoms with E-state index in [9.17, 15) is 0 Å². The number of pyridine rings is 1. The summed E-state index contributed by atoms with van der Waals surface area (Å²) in [6, 6.07) is 16.8. The van der Waals surface area contributed by atoms with E-state index in [-0.39, 0.29) is 0 Å². The van der Waals surface area contributed by atoms with Gasteiger partial charge >= 0.3 is 0 Å². The molecule has 0 radical (unpaired) electrons. The van der Waals surface area contributed by atoms with E-state index in [2.05, 4.69) is 52.3 Å². The minimum absolute atomic E-state index is 0.481. The van der Waals surface area contributed by atoms with Gasteiger partial charge in [-0.2, -0.15) is 0 Å². The van der Waals surface area contributed by atoms with Crippen molar-refractivity contribution in [1.82, 2.24) is 19.9 Å². The second kappa shape index (κ2) is 8.65. The molecule has 3 N–H and O–H groups in total. The summed E-state index contributed by atoms with van der Waals surface area (Å²) < 4.78 is 8.09. The monoisotopic (exact) mass is 415 g/mol. The second-order valence-corrected chi connectivity index (χ2v) is 8.26. The van der Waals surface area contributed by atoms with Gasteiger partial charge in [0.15, 0.2) is 5.82 Å². The zero-order valence-corrected chi connectivity index (χ0v) is 18.0. The molecule has 0 bridgehead atoms. The molecule has 0 amide bonds. The number of benzene rings is 2. The molecule has 1 fully saturated rings. The molecule has 1 aliphatic heterocycles. The fourth-order valence-electron chi connectivity index (χ4n) is 4.59. The first-order chi connectivity index (χ1) is 15.2. The molecular formula is C25H29N5O. The predicted octanol–water partition coefficient (Wildman–Crippen LogP) is 4.37. The minimum atomic E-state index is 0.481. The van der Waals surface area contributed by atoms with Gasteiger partial charge in [0.1, 0.15) is 17.9 Å². The zero-order chi connectivity index (χ0) is 21.2. The number of nitrogen functional groups attached to an aromatic ring is 1. The van der Waals surface area contributed by atoms with Crippen LogP contribution in [0.5, 0.6) is 0 Å². The van der Waals surface area contributed by atoms with Crippen LogP contribution >= 0.6 is 0 Å². The second-order valence-electron chi connectivity index (χ2n) is 8.26. The van der Waals surface area contributed by atoms with Gasteiger partial charge in [0.2, 0.25) is 0 Å². The SMILES string of the molecule is CCOCc1nc2c(N)nc3cc(-c4ccccc4)ccc3c2n1CC1CCNCC1. The number of imidazole rings is 1. The Bertz CT molecular complexity index is 1200. The van der Waals surface area contributed by atoms with Gasteiger partial charge in [-0.05, 0) is 56.0 Å². The van der Waals surface area contributed by atoms with Crippen LogP contribution in [0.15, 0.2) is 48.5 Å². The molecule has 0 saturated carbocycles. The molecule has 0 unspecified atom stereocenters. The summed E-state index contributed by atoms with van der Waals surface area (Å²) in [4.78, 5) is 9.60. The highest BCUT2D eigenvalue weighted by atomic mass is 16.5. The van der Waals surface area contributed by atoms with Crippen molar-refractivity contribution in [1.29, 1.82) is 0 Å². The lowest BCUT2D eigenvalue weighted by molar-refractivity contribution is 0.125. The Labute approximate surface area is 182 Å². The third-order valence-electron chi connectivity index (χ3n) is 6.22. The third kappa shape index (κ3) is 3.89. The summed E-state index contributed by atoms with van der Waals surface area (Å²) in [5.41, 5.74) is 11.5. The van der Waals surface area contributed by atoms with Gasteiger partial charge in [0, 0.05) is 18.5 Å². The lowest BCUT2D eigenvalue weighted by Crippen LogP contribution is -2.30. The number of hydrogen-bond donors (Lipinski definition) is 2. The molecule has 5 rings (SSSR count). The number of nitrogens with one attached hydrogen (secondary N) is 1. The first kappa shape index (κ1) is 20.0. The van der Waals surface area contributed by atoms with Crippen molar-refractivity contribution in [3.05, 3.63) is 54.4 Å². The first-order valence-electron chi connectivity index (χ1n) is 11.2. The Morgan fingerprint density at radius 1 is 1.06 bits per heavy atom. The molecule has 6 heteroatoms. The number of hydrogen-bond acceptors (Lipinski definition) is 5. The lowest BCUT2D eigenvalue weighted by atomic mass is 9.98. The molecule has 160 valence electrons. The molecule has 0 aliphatic carbocycles. The van der Waals surface area contributed by atoms with Gasteiger partial charge in [0.25, 0.3) is 0 Å². The van der Waals surface area contributed by atoms with E-state index in [0.29, 0.717) is 24.9 Å². The number of ether oxygens (including phenoxy) is 1. The Morgan fingerprint density at radius 3 is 2.65 bits per heavy atom. The fraction of sp³-hybridized carbons (Fsp3) is 0.360. The standard InChI is InChI=1S/C25H29N5O/c1-2-31-16-22-29-23-24(30(22)15-17-10-12-27-13-11-17)20-9-8-19(14-21(20)28-25(23)26)18-6-4-3-5-7-18/h3-9,14,17,27H,2,10-13,15-16H2,1H3,(H2,26,28). The van der Waals surface area contributed by atoms with Crippen LogP contribution in [0.1, 0.15) is 25.6 Å². The molecular weight excluding hydrogens is 386 g/mol. The average molecular weight is 416 g/mol. The van der Waals surface area contributed by atoms with Gasteiger partial charge in [-0.1, -0.05) is 42.5 Å². The minimum Gasteiger partial charge on any atom is -0.382 e. The van der Waals surface area contributed by atoms with Crippen molar-refractivity contribution in [3.8, 4) is 11.1 Å². The van der Waals surface area contributed by atoms with E-state index in [1.165, 1.54) is 18.4 Å².